The summed E-state index contributed by atoms with van der Waals surface area (Å²) < 4.78 is 5.74. The Morgan fingerprint density at radius 1 is 1.11 bits per heavy atom. The summed E-state index contributed by atoms with van der Waals surface area (Å²) in [7, 11) is 3.96. The van der Waals surface area contributed by atoms with Crippen molar-refractivity contribution in [3.63, 3.8) is 0 Å². The normalized spacial score (nSPS) is 30.5. The summed E-state index contributed by atoms with van der Waals surface area (Å²) in [6.45, 7) is 1.33. The van der Waals surface area contributed by atoms with Gasteiger partial charge in [-0.25, -0.2) is 4.79 Å². The lowest BCUT2D eigenvalue weighted by Gasteiger charge is -2.28. The Bertz CT molecular complexity index is 754. The third-order valence-electron chi connectivity index (χ3n) is 6.30. The van der Waals surface area contributed by atoms with Crippen LogP contribution in [-0.2, 0) is 14.3 Å². The molecule has 4 rings (SSSR count). The van der Waals surface area contributed by atoms with E-state index in [1.165, 1.54) is 4.90 Å². The van der Waals surface area contributed by atoms with Crippen molar-refractivity contribution in [1.29, 1.82) is 0 Å². The highest BCUT2D eigenvalue weighted by Gasteiger charge is 2.64. The molecule has 1 heterocycles. The lowest BCUT2D eigenvalue weighted by atomic mass is 9.79. The highest BCUT2D eigenvalue weighted by Crippen LogP contribution is 2.57. The van der Waals surface area contributed by atoms with Crippen LogP contribution >= 0.6 is 12.4 Å². The van der Waals surface area contributed by atoms with Gasteiger partial charge in [-0.2, -0.15) is 0 Å². The van der Waals surface area contributed by atoms with Crippen LogP contribution in [0, 0.1) is 23.7 Å². The average Bonchev–Trinajstić information content (AvgIpc) is 3.29. The van der Waals surface area contributed by atoms with Crippen molar-refractivity contribution in [2.45, 2.75) is 25.4 Å². The van der Waals surface area contributed by atoms with E-state index < -0.39 is 0 Å². The first-order valence-corrected chi connectivity index (χ1v) is 9.73. The van der Waals surface area contributed by atoms with Crippen LogP contribution in [-0.4, -0.2) is 60.9 Å². The molecule has 0 unspecified atom stereocenters. The summed E-state index contributed by atoms with van der Waals surface area (Å²) in [6, 6.07) is 8.92. The molecule has 0 radical (unpaired) electrons. The number of carbonyl (C=O) groups excluding carboxylic acids is 3. The molecular formula is C21H27ClN2O4. The van der Waals surface area contributed by atoms with Crippen molar-refractivity contribution >= 4 is 30.2 Å². The number of hydrogen-bond acceptors (Lipinski definition) is 5. The number of esters is 1. The van der Waals surface area contributed by atoms with Gasteiger partial charge in [-0.3, -0.25) is 14.5 Å². The monoisotopic (exact) mass is 406 g/mol. The molecule has 2 aliphatic carbocycles. The first kappa shape index (κ1) is 20.8. The minimum Gasteiger partial charge on any atom is -0.458 e. The van der Waals surface area contributed by atoms with Crippen LogP contribution in [0.2, 0.25) is 0 Å². The molecule has 3 aliphatic rings. The maximum Gasteiger partial charge on any atom is 0.338 e. The summed E-state index contributed by atoms with van der Waals surface area (Å²) in [5.74, 6) is -0.783. The van der Waals surface area contributed by atoms with Gasteiger partial charge in [0.15, 0.2) is 0 Å². The number of fused-ring (bicyclic) bond motifs is 5. The first-order valence-electron chi connectivity index (χ1n) is 9.73. The average molecular weight is 407 g/mol. The van der Waals surface area contributed by atoms with Crippen LogP contribution < -0.4 is 0 Å². The molecule has 5 atom stereocenters. The largest absolute Gasteiger partial charge is 0.458 e. The quantitative estimate of drug-likeness (QED) is 0.535. The molecule has 2 saturated carbocycles. The number of carbonyl (C=O) groups is 3. The van der Waals surface area contributed by atoms with Crippen LogP contribution in [0.25, 0.3) is 0 Å². The molecule has 1 saturated heterocycles. The zero-order valence-electron chi connectivity index (χ0n) is 16.2. The third-order valence-corrected chi connectivity index (χ3v) is 6.30. The SMILES string of the molecule is CN(C)CCCN1C(=O)[C@@H]2[C@H]3C[C@H](C[C@H]3OC(=O)c3ccccc3)[C@@H]2C1=O.Cl. The van der Waals surface area contributed by atoms with Crippen molar-refractivity contribution < 1.29 is 19.1 Å². The minimum absolute atomic E-state index is 0. The van der Waals surface area contributed by atoms with Crippen LogP contribution in [0.3, 0.4) is 0 Å². The number of nitrogens with zero attached hydrogens (tertiary/aromatic N) is 2. The van der Waals surface area contributed by atoms with E-state index in [0.717, 1.165) is 19.4 Å². The Hall–Kier alpha value is -1.92. The van der Waals surface area contributed by atoms with Crippen molar-refractivity contribution in [3.05, 3.63) is 35.9 Å². The van der Waals surface area contributed by atoms with Gasteiger partial charge in [-0.1, -0.05) is 18.2 Å². The fourth-order valence-corrected chi connectivity index (χ4v) is 5.14. The van der Waals surface area contributed by atoms with Gasteiger partial charge in [0, 0.05) is 12.5 Å². The van der Waals surface area contributed by atoms with Crippen LogP contribution in [0.15, 0.2) is 30.3 Å². The van der Waals surface area contributed by atoms with E-state index in [0.29, 0.717) is 18.5 Å². The molecule has 1 aliphatic heterocycles. The van der Waals surface area contributed by atoms with E-state index in [1.807, 2.05) is 20.2 Å². The molecule has 152 valence electrons. The summed E-state index contributed by atoms with van der Waals surface area (Å²) in [5, 5.41) is 0. The Morgan fingerprint density at radius 2 is 1.79 bits per heavy atom. The Kier molecular flexibility index (Phi) is 6.10. The smallest absolute Gasteiger partial charge is 0.338 e. The number of halogens is 1. The maximum absolute atomic E-state index is 12.9. The van der Waals surface area contributed by atoms with Crippen molar-refractivity contribution in [3.8, 4) is 0 Å². The van der Waals surface area contributed by atoms with E-state index >= 15 is 0 Å². The van der Waals surface area contributed by atoms with Gasteiger partial charge in [0.05, 0.1) is 17.4 Å². The Labute approximate surface area is 171 Å². The van der Waals surface area contributed by atoms with Gasteiger partial charge in [0.2, 0.25) is 11.8 Å². The number of amides is 2. The molecular weight excluding hydrogens is 380 g/mol. The number of rotatable bonds is 6. The number of imide groups is 1. The zero-order valence-corrected chi connectivity index (χ0v) is 17.1. The van der Waals surface area contributed by atoms with Crippen molar-refractivity contribution in [1.82, 2.24) is 9.80 Å². The maximum atomic E-state index is 12.9. The number of benzene rings is 1. The van der Waals surface area contributed by atoms with Crippen molar-refractivity contribution in [2.75, 3.05) is 27.2 Å². The minimum atomic E-state index is -0.343. The van der Waals surface area contributed by atoms with Crippen LogP contribution in [0.4, 0.5) is 0 Å². The standard InChI is InChI=1S/C21H26N2O4.ClH/c1-22(2)9-6-10-23-19(24)17-14-11-15(18(17)20(23)25)16(12-14)27-21(26)13-7-4-3-5-8-13;/h3-5,7-8,14-18H,6,9-12H2,1-2H3;1H/t14-,15+,16-,17+,18-;/m1./s1. The van der Waals surface area contributed by atoms with Gasteiger partial charge in [0.1, 0.15) is 6.10 Å². The molecule has 2 bridgehead atoms. The highest BCUT2D eigenvalue weighted by atomic mass is 35.5. The topological polar surface area (TPSA) is 66.9 Å². The van der Waals surface area contributed by atoms with Crippen LogP contribution in [0.5, 0.6) is 0 Å². The lowest BCUT2D eigenvalue weighted by Crippen LogP contribution is -2.37. The molecule has 2 amide bonds. The second-order valence-corrected chi connectivity index (χ2v) is 8.24. The van der Waals surface area contributed by atoms with Gasteiger partial charge < -0.3 is 9.64 Å². The van der Waals surface area contributed by atoms with E-state index in [2.05, 4.69) is 4.90 Å². The van der Waals surface area contributed by atoms with Crippen molar-refractivity contribution in [2.24, 2.45) is 23.7 Å². The fourth-order valence-electron chi connectivity index (χ4n) is 5.14. The molecule has 0 spiro atoms. The summed E-state index contributed by atoms with van der Waals surface area (Å²) in [5.41, 5.74) is 0.524. The van der Waals surface area contributed by atoms with E-state index in [-0.39, 0.29) is 60.0 Å². The Morgan fingerprint density at radius 3 is 2.46 bits per heavy atom. The molecule has 0 aromatic heterocycles. The second-order valence-electron chi connectivity index (χ2n) is 8.24. The van der Waals surface area contributed by atoms with E-state index in [1.54, 1.807) is 24.3 Å². The molecule has 1 aromatic carbocycles. The van der Waals surface area contributed by atoms with E-state index in [4.69, 9.17) is 4.74 Å². The van der Waals surface area contributed by atoms with E-state index in [9.17, 15) is 14.4 Å². The van der Waals surface area contributed by atoms with Gasteiger partial charge in [0.25, 0.3) is 0 Å². The van der Waals surface area contributed by atoms with Gasteiger partial charge in [-0.05, 0) is 58.0 Å². The van der Waals surface area contributed by atoms with Crippen LogP contribution in [0.1, 0.15) is 29.6 Å². The summed E-state index contributed by atoms with van der Waals surface area (Å²) >= 11 is 0. The molecule has 3 fully saturated rings. The highest BCUT2D eigenvalue weighted by molar-refractivity contribution is 6.06. The predicted octanol–water partition coefficient (Wildman–Crippen LogP) is 2.23. The number of likely N-dealkylation sites (tertiary alicyclic amines) is 1. The number of ether oxygens (including phenoxy) is 1. The summed E-state index contributed by atoms with van der Waals surface area (Å²) in [4.78, 5) is 41.6. The lowest BCUT2D eigenvalue weighted by molar-refractivity contribution is -0.141. The molecule has 1 aromatic rings. The molecule has 0 N–H and O–H groups in total. The first-order chi connectivity index (χ1) is 13.0. The third kappa shape index (κ3) is 3.55. The molecule has 28 heavy (non-hydrogen) atoms. The number of hydrogen-bond donors (Lipinski definition) is 0. The molecule has 7 heteroatoms. The fraction of sp³-hybridized carbons (Fsp3) is 0.571. The molecule has 6 nitrogen and oxygen atoms in total. The summed E-state index contributed by atoms with van der Waals surface area (Å²) in [6.07, 6.45) is 2.02. The zero-order chi connectivity index (χ0) is 19.1. The van der Waals surface area contributed by atoms with Gasteiger partial charge in [-0.15, -0.1) is 12.4 Å². The Balaban J connectivity index is 0.00000225. The van der Waals surface area contributed by atoms with Gasteiger partial charge >= 0.3 is 5.97 Å². The second kappa shape index (κ2) is 8.21. The predicted molar refractivity (Wildman–Crippen MR) is 106 cm³/mol.